The van der Waals surface area contributed by atoms with Crippen LogP contribution in [0.5, 0.6) is 0 Å². The highest BCUT2D eigenvalue weighted by molar-refractivity contribution is 9.10. The Balaban J connectivity index is 1.80. The molecule has 0 saturated carbocycles. The van der Waals surface area contributed by atoms with E-state index in [9.17, 15) is 4.79 Å². The number of rotatable bonds is 4. The van der Waals surface area contributed by atoms with Gasteiger partial charge in [0.2, 0.25) is 0 Å². The van der Waals surface area contributed by atoms with Crippen molar-refractivity contribution in [1.29, 1.82) is 0 Å². The normalized spacial score (nSPS) is 18.4. The molecule has 1 saturated heterocycles. The van der Waals surface area contributed by atoms with Gasteiger partial charge in [-0.25, -0.2) is 4.79 Å². The topological polar surface area (TPSA) is 44.4 Å². The SMILES string of the molecule is CCNC(=O)NCC1CCN(c2ccc(Br)cc2)C1. The smallest absolute Gasteiger partial charge is 0.314 e. The summed E-state index contributed by atoms with van der Waals surface area (Å²) in [7, 11) is 0. The second kappa shape index (κ2) is 6.80. The maximum Gasteiger partial charge on any atom is 0.314 e. The highest BCUT2D eigenvalue weighted by Gasteiger charge is 2.22. The molecule has 5 heteroatoms. The monoisotopic (exact) mass is 325 g/mol. The molecule has 1 atom stereocenters. The first-order valence-electron chi connectivity index (χ1n) is 6.71. The van der Waals surface area contributed by atoms with Gasteiger partial charge in [-0.1, -0.05) is 15.9 Å². The van der Waals surface area contributed by atoms with Gasteiger partial charge >= 0.3 is 6.03 Å². The van der Waals surface area contributed by atoms with E-state index in [4.69, 9.17) is 0 Å². The van der Waals surface area contributed by atoms with Gasteiger partial charge in [-0.05, 0) is 43.5 Å². The lowest BCUT2D eigenvalue weighted by atomic mass is 10.1. The van der Waals surface area contributed by atoms with Crippen molar-refractivity contribution in [2.45, 2.75) is 13.3 Å². The predicted molar refractivity (Wildman–Crippen MR) is 81.5 cm³/mol. The van der Waals surface area contributed by atoms with E-state index >= 15 is 0 Å². The lowest BCUT2D eigenvalue weighted by Gasteiger charge is -2.19. The average Bonchev–Trinajstić information content (AvgIpc) is 2.86. The van der Waals surface area contributed by atoms with Crippen molar-refractivity contribution in [3.8, 4) is 0 Å². The Hall–Kier alpha value is -1.23. The molecule has 1 unspecified atom stereocenters. The van der Waals surface area contributed by atoms with Crippen molar-refractivity contribution in [2.24, 2.45) is 5.92 Å². The van der Waals surface area contributed by atoms with Crippen molar-refractivity contribution in [3.63, 3.8) is 0 Å². The van der Waals surface area contributed by atoms with Gasteiger partial charge in [0.05, 0.1) is 0 Å². The molecule has 1 heterocycles. The predicted octanol–water partition coefficient (Wildman–Crippen LogP) is 2.59. The Labute approximate surface area is 122 Å². The zero-order valence-electron chi connectivity index (χ0n) is 11.2. The van der Waals surface area contributed by atoms with E-state index in [2.05, 4.69) is 55.7 Å². The number of carbonyl (C=O) groups excluding carboxylic acids is 1. The molecule has 0 spiro atoms. The third-order valence-corrected chi connectivity index (χ3v) is 3.89. The van der Waals surface area contributed by atoms with Crippen molar-refractivity contribution in [3.05, 3.63) is 28.7 Å². The molecule has 104 valence electrons. The standard InChI is InChI=1S/C14H20BrN3O/c1-2-16-14(19)17-9-11-7-8-18(10-11)13-5-3-12(15)4-6-13/h3-6,11H,2,7-10H2,1H3,(H2,16,17,19). The Morgan fingerprint density at radius 2 is 2.11 bits per heavy atom. The highest BCUT2D eigenvalue weighted by Crippen LogP contribution is 2.24. The van der Waals surface area contributed by atoms with Gasteiger partial charge in [0.25, 0.3) is 0 Å². The van der Waals surface area contributed by atoms with E-state index in [0.717, 1.165) is 30.5 Å². The molecule has 2 rings (SSSR count). The van der Waals surface area contributed by atoms with Crippen molar-refractivity contribution in [2.75, 3.05) is 31.1 Å². The molecule has 1 aliphatic rings. The number of amides is 2. The van der Waals surface area contributed by atoms with Crippen LogP contribution in [-0.2, 0) is 0 Å². The summed E-state index contributed by atoms with van der Waals surface area (Å²) in [4.78, 5) is 13.7. The van der Waals surface area contributed by atoms with Crippen LogP contribution in [0, 0.1) is 5.92 Å². The number of hydrogen-bond acceptors (Lipinski definition) is 2. The maximum absolute atomic E-state index is 11.3. The van der Waals surface area contributed by atoms with Gasteiger partial charge in [-0.15, -0.1) is 0 Å². The third kappa shape index (κ3) is 4.13. The first-order valence-corrected chi connectivity index (χ1v) is 7.50. The van der Waals surface area contributed by atoms with Gasteiger partial charge < -0.3 is 15.5 Å². The van der Waals surface area contributed by atoms with Gasteiger partial charge in [0, 0.05) is 36.3 Å². The third-order valence-electron chi connectivity index (χ3n) is 3.37. The molecule has 0 aromatic heterocycles. The van der Waals surface area contributed by atoms with E-state index in [-0.39, 0.29) is 6.03 Å². The molecule has 1 aromatic rings. The summed E-state index contributed by atoms with van der Waals surface area (Å²) in [6.45, 7) is 5.40. The van der Waals surface area contributed by atoms with Crippen molar-refractivity contribution in [1.82, 2.24) is 10.6 Å². The maximum atomic E-state index is 11.3. The van der Waals surface area contributed by atoms with Crippen LogP contribution in [0.3, 0.4) is 0 Å². The summed E-state index contributed by atoms with van der Waals surface area (Å²) < 4.78 is 1.10. The number of anilines is 1. The lowest BCUT2D eigenvalue weighted by Crippen LogP contribution is -2.38. The van der Waals surface area contributed by atoms with Crippen LogP contribution in [0.2, 0.25) is 0 Å². The van der Waals surface area contributed by atoms with E-state index in [1.165, 1.54) is 5.69 Å². The number of nitrogens with zero attached hydrogens (tertiary/aromatic N) is 1. The first kappa shape index (κ1) is 14.2. The summed E-state index contributed by atoms with van der Waals surface area (Å²) >= 11 is 3.45. The number of carbonyl (C=O) groups is 1. The van der Waals surface area contributed by atoms with Crippen LogP contribution >= 0.6 is 15.9 Å². The van der Waals surface area contributed by atoms with Gasteiger partial charge in [0.15, 0.2) is 0 Å². The molecule has 1 aromatic carbocycles. The molecular weight excluding hydrogens is 306 g/mol. The fourth-order valence-corrected chi connectivity index (χ4v) is 2.61. The fourth-order valence-electron chi connectivity index (χ4n) is 2.35. The number of urea groups is 1. The molecule has 4 nitrogen and oxygen atoms in total. The second-order valence-corrected chi connectivity index (χ2v) is 5.73. The summed E-state index contributed by atoms with van der Waals surface area (Å²) in [6, 6.07) is 8.32. The molecule has 0 bridgehead atoms. The summed E-state index contributed by atoms with van der Waals surface area (Å²) in [5.41, 5.74) is 1.25. The van der Waals surface area contributed by atoms with E-state index in [0.29, 0.717) is 12.5 Å². The fraction of sp³-hybridized carbons (Fsp3) is 0.500. The Kier molecular flexibility index (Phi) is 5.07. The van der Waals surface area contributed by atoms with Crippen molar-refractivity contribution < 1.29 is 4.79 Å². The minimum absolute atomic E-state index is 0.0652. The molecular formula is C14H20BrN3O. The van der Waals surface area contributed by atoms with Crippen molar-refractivity contribution >= 4 is 27.6 Å². The molecule has 2 amide bonds. The Morgan fingerprint density at radius 3 is 2.79 bits per heavy atom. The highest BCUT2D eigenvalue weighted by atomic mass is 79.9. The Bertz CT molecular complexity index is 421. The molecule has 19 heavy (non-hydrogen) atoms. The van der Waals surface area contributed by atoms with Crippen LogP contribution in [0.4, 0.5) is 10.5 Å². The summed E-state index contributed by atoms with van der Waals surface area (Å²) in [5.74, 6) is 0.534. The van der Waals surface area contributed by atoms with Gasteiger partial charge in [0.1, 0.15) is 0 Å². The number of halogens is 1. The Morgan fingerprint density at radius 1 is 1.37 bits per heavy atom. The molecule has 0 aliphatic carbocycles. The van der Waals surface area contributed by atoms with Crippen LogP contribution in [0.15, 0.2) is 28.7 Å². The minimum atomic E-state index is -0.0652. The van der Waals surface area contributed by atoms with E-state index in [1.54, 1.807) is 0 Å². The van der Waals surface area contributed by atoms with E-state index < -0.39 is 0 Å². The summed E-state index contributed by atoms with van der Waals surface area (Å²) in [6.07, 6.45) is 1.13. The number of nitrogens with one attached hydrogen (secondary N) is 2. The second-order valence-electron chi connectivity index (χ2n) is 4.82. The van der Waals surface area contributed by atoms with Gasteiger partial charge in [-0.2, -0.15) is 0 Å². The number of hydrogen-bond donors (Lipinski definition) is 2. The largest absolute Gasteiger partial charge is 0.371 e. The van der Waals surface area contributed by atoms with Gasteiger partial charge in [-0.3, -0.25) is 0 Å². The summed E-state index contributed by atoms with van der Waals surface area (Å²) in [5, 5.41) is 5.67. The van der Waals surface area contributed by atoms with Crippen LogP contribution in [0.1, 0.15) is 13.3 Å². The zero-order valence-corrected chi connectivity index (χ0v) is 12.7. The van der Waals surface area contributed by atoms with E-state index in [1.807, 2.05) is 6.92 Å². The average molecular weight is 326 g/mol. The quantitative estimate of drug-likeness (QED) is 0.893. The van der Waals surface area contributed by atoms with Crippen LogP contribution in [-0.4, -0.2) is 32.2 Å². The lowest BCUT2D eigenvalue weighted by molar-refractivity contribution is 0.240. The molecule has 1 aliphatic heterocycles. The molecule has 0 radical (unpaired) electrons. The minimum Gasteiger partial charge on any atom is -0.371 e. The number of benzene rings is 1. The van der Waals surface area contributed by atoms with Crippen LogP contribution < -0.4 is 15.5 Å². The zero-order chi connectivity index (χ0) is 13.7. The molecule has 2 N–H and O–H groups in total. The first-order chi connectivity index (χ1) is 9.19. The molecule has 1 fully saturated rings. The van der Waals surface area contributed by atoms with Crippen LogP contribution in [0.25, 0.3) is 0 Å².